The fourth-order valence-electron chi connectivity index (χ4n) is 0.929. The first-order chi connectivity index (χ1) is 6.40. The number of aromatic amines is 1. The van der Waals surface area contributed by atoms with E-state index >= 15 is 0 Å². The largest absolute Gasteiger partial charge is 0.406 e. The van der Waals surface area contributed by atoms with Crippen LogP contribution in [0.4, 0.5) is 13.2 Å². The maximum atomic E-state index is 11.9. The van der Waals surface area contributed by atoms with Gasteiger partial charge in [0.25, 0.3) is 5.91 Å². The van der Waals surface area contributed by atoms with Crippen molar-refractivity contribution in [1.82, 2.24) is 15.1 Å². The van der Waals surface area contributed by atoms with Crippen molar-refractivity contribution in [3.05, 3.63) is 18.0 Å². The Morgan fingerprint density at radius 3 is 2.71 bits per heavy atom. The number of alkyl halides is 3. The van der Waals surface area contributed by atoms with Crippen LogP contribution in [-0.4, -0.2) is 40.8 Å². The van der Waals surface area contributed by atoms with Gasteiger partial charge in [0.1, 0.15) is 6.54 Å². The average molecular weight is 207 g/mol. The van der Waals surface area contributed by atoms with Gasteiger partial charge in [0.05, 0.1) is 11.8 Å². The summed E-state index contributed by atoms with van der Waals surface area (Å²) in [6, 6.07) is 0. The summed E-state index contributed by atoms with van der Waals surface area (Å²) < 4.78 is 35.7. The molecule has 0 aromatic carbocycles. The first kappa shape index (κ1) is 10.6. The van der Waals surface area contributed by atoms with Crippen LogP contribution >= 0.6 is 0 Å². The quantitative estimate of drug-likeness (QED) is 0.787. The molecule has 0 spiro atoms. The third kappa shape index (κ3) is 2.75. The highest BCUT2D eigenvalue weighted by Gasteiger charge is 2.31. The standard InChI is InChI=1S/C7H8F3N3O/c1-13(4-7(8,9)10)6(14)5-2-11-12-3-5/h2-3H,4H2,1H3,(H,11,12). The van der Waals surface area contributed by atoms with Gasteiger partial charge < -0.3 is 4.90 Å². The lowest BCUT2D eigenvalue weighted by atomic mass is 10.3. The Balaban J connectivity index is 2.63. The van der Waals surface area contributed by atoms with Crippen LogP contribution in [0.15, 0.2) is 12.4 Å². The van der Waals surface area contributed by atoms with Gasteiger partial charge in [-0.25, -0.2) is 0 Å². The summed E-state index contributed by atoms with van der Waals surface area (Å²) in [6.45, 7) is -1.27. The summed E-state index contributed by atoms with van der Waals surface area (Å²) in [4.78, 5) is 11.8. The Bertz CT molecular complexity index is 306. The summed E-state index contributed by atoms with van der Waals surface area (Å²) in [5, 5.41) is 5.82. The van der Waals surface area contributed by atoms with E-state index in [4.69, 9.17) is 0 Å². The van der Waals surface area contributed by atoms with Gasteiger partial charge in [-0.15, -0.1) is 0 Å². The van der Waals surface area contributed by atoms with Gasteiger partial charge in [0, 0.05) is 13.2 Å². The molecule has 0 fully saturated rings. The van der Waals surface area contributed by atoms with E-state index < -0.39 is 18.6 Å². The summed E-state index contributed by atoms with van der Waals surface area (Å²) in [6.07, 6.45) is -1.96. The van der Waals surface area contributed by atoms with Crippen LogP contribution in [-0.2, 0) is 0 Å². The molecule has 4 nitrogen and oxygen atoms in total. The molecule has 7 heteroatoms. The minimum Gasteiger partial charge on any atom is -0.333 e. The second-order valence-corrected chi connectivity index (χ2v) is 2.76. The molecule has 0 aliphatic carbocycles. The van der Waals surface area contributed by atoms with E-state index in [0.717, 1.165) is 7.05 Å². The fraction of sp³-hybridized carbons (Fsp3) is 0.429. The molecule has 0 unspecified atom stereocenters. The number of carbonyl (C=O) groups excluding carboxylic acids is 1. The normalized spacial score (nSPS) is 11.4. The van der Waals surface area contributed by atoms with Crippen LogP contribution in [0.25, 0.3) is 0 Å². The van der Waals surface area contributed by atoms with Crippen molar-refractivity contribution >= 4 is 5.91 Å². The molecule has 0 aliphatic heterocycles. The van der Waals surface area contributed by atoms with Crippen LogP contribution in [0, 0.1) is 0 Å². The van der Waals surface area contributed by atoms with E-state index in [1.807, 2.05) is 0 Å². The maximum absolute atomic E-state index is 11.9. The number of rotatable bonds is 2. The van der Waals surface area contributed by atoms with Crippen molar-refractivity contribution in [2.75, 3.05) is 13.6 Å². The van der Waals surface area contributed by atoms with E-state index in [1.54, 1.807) is 0 Å². The number of hydrogen-bond acceptors (Lipinski definition) is 2. The van der Waals surface area contributed by atoms with Crippen LogP contribution in [0.5, 0.6) is 0 Å². The predicted octanol–water partition coefficient (Wildman–Crippen LogP) is 1.04. The Kier molecular flexibility index (Phi) is 2.78. The fourth-order valence-corrected chi connectivity index (χ4v) is 0.929. The Labute approximate surface area is 77.7 Å². The molecule has 1 rings (SSSR count). The van der Waals surface area contributed by atoms with Crippen LogP contribution < -0.4 is 0 Å². The molecule has 0 saturated heterocycles. The highest BCUT2D eigenvalue weighted by atomic mass is 19.4. The topological polar surface area (TPSA) is 49.0 Å². The summed E-state index contributed by atoms with van der Waals surface area (Å²) in [7, 11) is 1.09. The second kappa shape index (κ2) is 3.69. The van der Waals surface area contributed by atoms with Gasteiger partial charge in [-0.3, -0.25) is 9.89 Å². The van der Waals surface area contributed by atoms with E-state index in [9.17, 15) is 18.0 Å². The number of carbonyl (C=O) groups is 1. The molecule has 0 radical (unpaired) electrons. The number of amides is 1. The van der Waals surface area contributed by atoms with E-state index in [0.29, 0.717) is 4.90 Å². The highest BCUT2D eigenvalue weighted by molar-refractivity contribution is 5.93. The number of halogens is 3. The van der Waals surface area contributed by atoms with Crippen molar-refractivity contribution in [3.8, 4) is 0 Å². The molecular weight excluding hydrogens is 199 g/mol. The van der Waals surface area contributed by atoms with Gasteiger partial charge in [-0.1, -0.05) is 0 Å². The zero-order valence-corrected chi connectivity index (χ0v) is 7.30. The van der Waals surface area contributed by atoms with Crippen LogP contribution in [0.2, 0.25) is 0 Å². The summed E-state index contributed by atoms with van der Waals surface area (Å²) >= 11 is 0. The second-order valence-electron chi connectivity index (χ2n) is 2.76. The van der Waals surface area contributed by atoms with Gasteiger partial charge in [-0.05, 0) is 0 Å². The van der Waals surface area contributed by atoms with Gasteiger partial charge in [0.2, 0.25) is 0 Å². The lowest BCUT2D eigenvalue weighted by Crippen LogP contribution is -2.35. The van der Waals surface area contributed by atoms with Crippen molar-refractivity contribution in [1.29, 1.82) is 0 Å². The number of hydrogen-bond donors (Lipinski definition) is 1. The van der Waals surface area contributed by atoms with E-state index in [-0.39, 0.29) is 5.56 Å². The molecule has 0 aliphatic rings. The number of H-pyrrole nitrogens is 1. The maximum Gasteiger partial charge on any atom is 0.406 e. The molecular formula is C7H8F3N3O. The molecule has 1 aromatic heterocycles. The third-order valence-corrected chi connectivity index (χ3v) is 1.51. The van der Waals surface area contributed by atoms with Gasteiger partial charge in [0.15, 0.2) is 0 Å². The molecule has 0 atom stereocenters. The Morgan fingerprint density at radius 2 is 2.29 bits per heavy atom. The SMILES string of the molecule is CN(CC(F)(F)F)C(=O)c1cn[nH]c1. The zero-order valence-electron chi connectivity index (χ0n) is 7.30. The van der Waals surface area contributed by atoms with Crippen LogP contribution in [0.3, 0.4) is 0 Å². The first-order valence-electron chi connectivity index (χ1n) is 3.71. The molecule has 0 bridgehead atoms. The highest BCUT2D eigenvalue weighted by Crippen LogP contribution is 2.16. The monoisotopic (exact) mass is 207 g/mol. The Morgan fingerprint density at radius 1 is 1.64 bits per heavy atom. The first-order valence-corrected chi connectivity index (χ1v) is 3.71. The van der Waals surface area contributed by atoms with Crippen molar-refractivity contribution in [3.63, 3.8) is 0 Å². The third-order valence-electron chi connectivity index (χ3n) is 1.51. The predicted molar refractivity (Wildman–Crippen MR) is 41.6 cm³/mol. The average Bonchev–Trinajstić information content (AvgIpc) is 2.51. The number of nitrogens with zero attached hydrogens (tertiary/aromatic N) is 2. The molecule has 1 heterocycles. The van der Waals surface area contributed by atoms with Crippen molar-refractivity contribution in [2.24, 2.45) is 0 Å². The smallest absolute Gasteiger partial charge is 0.333 e. The van der Waals surface area contributed by atoms with Crippen LogP contribution in [0.1, 0.15) is 10.4 Å². The van der Waals surface area contributed by atoms with Gasteiger partial charge in [-0.2, -0.15) is 18.3 Å². The summed E-state index contributed by atoms with van der Waals surface area (Å²) in [5.74, 6) is -0.712. The lowest BCUT2D eigenvalue weighted by Gasteiger charge is -2.17. The Hall–Kier alpha value is -1.53. The van der Waals surface area contributed by atoms with Gasteiger partial charge >= 0.3 is 6.18 Å². The number of aromatic nitrogens is 2. The molecule has 1 amide bonds. The molecule has 0 saturated carbocycles. The van der Waals surface area contributed by atoms with Crippen molar-refractivity contribution < 1.29 is 18.0 Å². The number of nitrogens with one attached hydrogen (secondary N) is 1. The molecule has 1 aromatic rings. The van der Waals surface area contributed by atoms with E-state index in [2.05, 4.69) is 10.2 Å². The molecule has 78 valence electrons. The molecule has 1 N–H and O–H groups in total. The lowest BCUT2D eigenvalue weighted by molar-refractivity contribution is -0.138. The van der Waals surface area contributed by atoms with Crippen molar-refractivity contribution in [2.45, 2.75) is 6.18 Å². The minimum atomic E-state index is -4.38. The zero-order chi connectivity index (χ0) is 10.8. The van der Waals surface area contributed by atoms with E-state index in [1.165, 1.54) is 12.4 Å². The minimum absolute atomic E-state index is 0.108. The molecule has 14 heavy (non-hydrogen) atoms. The summed E-state index contributed by atoms with van der Waals surface area (Å²) in [5.41, 5.74) is 0.108.